The van der Waals surface area contributed by atoms with Crippen molar-refractivity contribution in [2.24, 2.45) is 0 Å². The summed E-state index contributed by atoms with van der Waals surface area (Å²) in [5, 5.41) is 2.44. The smallest absolute Gasteiger partial charge is 0.234 e. The largest absolute Gasteiger partial charge is 0.323 e. The molecule has 4 heteroatoms. The molecule has 0 unspecified atom stereocenters. The number of hydrogen-bond donors (Lipinski definition) is 1. The van der Waals surface area contributed by atoms with Gasteiger partial charge in [-0.1, -0.05) is 36.4 Å². The van der Waals surface area contributed by atoms with E-state index >= 15 is 0 Å². The van der Waals surface area contributed by atoms with Crippen molar-refractivity contribution in [3.63, 3.8) is 0 Å². The van der Waals surface area contributed by atoms with Gasteiger partial charge in [0, 0.05) is 0 Å². The minimum Gasteiger partial charge on any atom is -0.323 e. The fraction of sp³-hybridized carbons (Fsp3) is 0.188. The van der Waals surface area contributed by atoms with E-state index in [2.05, 4.69) is 5.32 Å². The third-order valence-electron chi connectivity index (χ3n) is 3.26. The van der Waals surface area contributed by atoms with Crippen molar-refractivity contribution in [1.29, 1.82) is 0 Å². The third kappa shape index (κ3) is 2.69. The Bertz CT molecular complexity index is 624. The standard InChI is InChI=1S/C16H15F2NO/c1-16(2,11-7-4-3-5-8-11)15(20)19-13-10-6-9-12(17)14(13)18/h3-10H,1-2H3,(H,19,20). The van der Waals surface area contributed by atoms with E-state index in [-0.39, 0.29) is 5.69 Å². The molecular weight excluding hydrogens is 260 g/mol. The van der Waals surface area contributed by atoms with Crippen molar-refractivity contribution in [2.45, 2.75) is 19.3 Å². The van der Waals surface area contributed by atoms with Crippen LogP contribution >= 0.6 is 0 Å². The number of carbonyl (C=O) groups excluding carboxylic acids is 1. The molecular formula is C16H15F2NO. The number of carbonyl (C=O) groups is 1. The van der Waals surface area contributed by atoms with Crippen molar-refractivity contribution < 1.29 is 13.6 Å². The van der Waals surface area contributed by atoms with Gasteiger partial charge >= 0.3 is 0 Å². The van der Waals surface area contributed by atoms with Crippen molar-refractivity contribution in [3.8, 4) is 0 Å². The molecule has 0 bridgehead atoms. The van der Waals surface area contributed by atoms with Crippen LogP contribution in [0.1, 0.15) is 19.4 Å². The molecule has 0 aromatic heterocycles. The SMILES string of the molecule is CC(C)(C(=O)Nc1cccc(F)c1F)c1ccccc1. The second-order valence-corrected chi connectivity index (χ2v) is 5.05. The average Bonchev–Trinajstić information content (AvgIpc) is 2.44. The van der Waals surface area contributed by atoms with E-state index in [1.165, 1.54) is 12.1 Å². The number of anilines is 1. The van der Waals surface area contributed by atoms with Crippen LogP contribution in [0.25, 0.3) is 0 Å². The second-order valence-electron chi connectivity index (χ2n) is 5.05. The predicted molar refractivity (Wildman–Crippen MR) is 74.5 cm³/mol. The number of rotatable bonds is 3. The van der Waals surface area contributed by atoms with Crippen LogP contribution in [0, 0.1) is 11.6 Å². The Morgan fingerprint density at radius 1 is 1.00 bits per heavy atom. The number of halogens is 2. The first-order chi connectivity index (χ1) is 9.43. The van der Waals surface area contributed by atoms with Gasteiger partial charge in [-0.3, -0.25) is 4.79 Å². The second kappa shape index (κ2) is 5.41. The third-order valence-corrected chi connectivity index (χ3v) is 3.26. The van der Waals surface area contributed by atoms with Crippen LogP contribution in [0.4, 0.5) is 14.5 Å². The van der Waals surface area contributed by atoms with Gasteiger partial charge in [-0.2, -0.15) is 0 Å². The molecule has 0 fully saturated rings. The molecule has 2 rings (SSSR count). The van der Waals surface area contributed by atoms with E-state index in [0.29, 0.717) is 0 Å². The highest BCUT2D eigenvalue weighted by Gasteiger charge is 2.30. The average molecular weight is 275 g/mol. The zero-order valence-electron chi connectivity index (χ0n) is 11.3. The summed E-state index contributed by atoms with van der Waals surface area (Å²) >= 11 is 0. The lowest BCUT2D eigenvalue weighted by atomic mass is 9.83. The van der Waals surface area contributed by atoms with Gasteiger partial charge in [0.2, 0.25) is 5.91 Å². The minimum absolute atomic E-state index is 0.154. The molecule has 0 saturated heterocycles. The highest BCUT2D eigenvalue weighted by Crippen LogP contribution is 2.26. The topological polar surface area (TPSA) is 29.1 Å². The molecule has 2 aromatic carbocycles. The van der Waals surface area contributed by atoms with Gasteiger partial charge in [0.05, 0.1) is 11.1 Å². The van der Waals surface area contributed by atoms with Gasteiger partial charge in [-0.05, 0) is 31.5 Å². The molecule has 0 radical (unpaired) electrons. The van der Waals surface area contributed by atoms with E-state index in [9.17, 15) is 13.6 Å². The summed E-state index contributed by atoms with van der Waals surface area (Å²) < 4.78 is 26.7. The van der Waals surface area contributed by atoms with Crippen molar-refractivity contribution in [3.05, 3.63) is 65.7 Å². The van der Waals surface area contributed by atoms with Gasteiger partial charge in [-0.25, -0.2) is 8.78 Å². The number of nitrogens with one attached hydrogen (secondary N) is 1. The zero-order valence-corrected chi connectivity index (χ0v) is 11.3. The summed E-state index contributed by atoms with van der Waals surface area (Å²) in [6.45, 7) is 3.46. The predicted octanol–water partition coefficient (Wildman–Crippen LogP) is 3.88. The Kier molecular flexibility index (Phi) is 3.84. The summed E-state index contributed by atoms with van der Waals surface area (Å²) in [6.07, 6.45) is 0. The molecule has 20 heavy (non-hydrogen) atoms. The monoisotopic (exact) mass is 275 g/mol. The Balaban J connectivity index is 2.26. The van der Waals surface area contributed by atoms with Crippen molar-refractivity contribution >= 4 is 11.6 Å². The molecule has 0 atom stereocenters. The van der Waals surface area contributed by atoms with E-state index in [4.69, 9.17) is 0 Å². The van der Waals surface area contributed by atoms with Crippen LogP contribution in [-0.2, 0) is 10.2 Å². The first kappa shape index (κ1) is 14.2. The molecule has 0 spiro atoms. The fourth-order valence-electron chi connectivity index (χ4n) is 1.86. The molecule has 0 aliphatic rings. The Morgan fingerprint density at radius 3 is 2.30 bits per heavy atom. The van der Waals surface area contributed by atoms with Crippen LogP contribution in [-0.4, -0.2) is 5.91 Å². The molecule has 0 aliphatic carbocycles. The van der Waals surface area contributed by atoms with E-state index in [0.717, 1.165) is 11.6 Å². The van der Waals surface area contributed by atoms with Crippen LogP contribution in [0.15, 0.2) is 48.5 Å². The lowest BCUT2D eigenvalue weighted by molar-refractivity contribution is -0.120. The summed E-state index contributed by atoms with van der Waals surface area (Å²) in [7, 11) is 0. The summed E-state index contributed by atoms with van der Waals surface area (Å²) in [5.41, 5.74) is -0.201. The molecule has 0 aliphatic heterocycles. The van der Waals surface area contributed by atoms with Crippen LogP contribution in [0.5, 0.6) is 0 Å². The Hall–Kier alpha value is -2.23. The number of hydrogen-bond acceptors (Lipinski definition) is 1. The maximum atomic E-state index is 13.6. The summed E-state index contributed by atoms with van der Waals surface area (Å²) in [5.74, 6) is -2.43. The van der Waals surface area contributed by atoms with E-state index < -0.39 is 23.0 Å². The Morgan fingerprint density at radius 2 is 1.65 bits per heavy atom. The number of benzene rings is 2. The molecule has 0 heterocycles. The number of amides is 1. The van der Waals surface area contributed by atoms with Crippen molar-refractivity contribution in [1.82, 2.24) is 0 Å². The molecule has 1 amide bonds. The lowest BCUT2D eigenvalue weighted by Gasteiger charge is -2.24. The fourth-order valence-corrected chi connectivity index (χ4v) is 1.86. The molecule has 1 N–H and O–H groups in total. The van der Waals surface area contributed by atoms with Crippen LogP contribution < -0.4 is 5.32 Å². The van der Waals surface area contributed by atoms with Gasteiger partial charge in [-0.15, -0.1) is 0 Å². The van der Waals surface area contributed by atoms with Crippen molar-refractivity contribution in [2.75, 3.05) is 5.32 Å². The molecule has 104 valence electrons. The normalized spacial score (nSPS) is 11.2. The lowest BCUT2D eigenvalue weighted by Crippen LogP contribution is -2.35. The van der Waals surface area contributed by atoms with Gasteiger partial charge in [0.1, 0.15) is 0 Å². The van der Waals surface area contributed by atoms with Gasteiger partial charge < -0.3 is 5.32 Å². The maximum absolute atomic E-state index is 13.6. The first-order valence-electron chi connectivity index (χ1n) is 6.24. The molecule has 2 aromatic rings. The quantitative estimate of drug-likeness (QED) is 0.905. The van der Waals surface area contributed by atoms with Crippen LogP contribution in [0.2, 0.25) is 0 Å². The van der Waals surface area contributed by atoms with Crippen LogP contribution in [0.3, 0.4) is 0 Å². The van der Waals surface area contributed by atoms with Gasteiger partial charge in [0.15, 0.2) is 11.6 Å². The Labute approximate surface area is 116 Å². The minimum atomic E-state index is -1.05. The first-order valence-corrected chi connectivity index (χ1v) is 6.24. The highest BCUT2D eigenvalue weighted by molar-refractivity contribution is 5.98. The highest BCUT2D eigenvalue weighted by atomic mass is 19.2. The molecule has 0 saturated carbocycles. The zero-order chi connectivity index (χ0) is 14.8. The summed E-state index contributed by atoms with van der Waals surface area (Å²) in [6, 6.07) is 12.8. The maximum Gasteiger partial charge on any atom is 0.234 e. The summed E-state index contributed by atoms with van der Waals surface area (Å²) in [4.78, 5) is 12.3. The van der Waals surface area contributed by atoms with E-state index in [1.54, 1.807) is 13.8 Å². The van der Waals surface area contributed by atoms with Gasteiger partial charge in [0.25, 0.3) is 0 Å². The van der Waals surface area contributed by atoms with E-state index in [1.807, 2.05) is 30.3 Å². The molecule has 2 nitrogen and oxygen atoms in total.